The summed E-state index contributed by atoms with van der Waals surface area (Å²) in [5, 5.41) is 0. The van der Waals surface area contributed by atoms with Crippen LogP contribution in [0.2, 0.25) is 0 Å². The molecule has 1 heterocycles. The van der Waals surface area contributed by atoms with E-state index >= 15 is 0 Å². The highest BCUT2D eigenvalue weighted by Crippen LogP contribution is 2.27. The largest absolute Gasteiger partial charge is 0.262 e. The standard InChI is InChI=1S/C42H74N2/c1-3-5-7-9-11-13-15-17-18-19-20-22-24-26-28-31-35-40(42-43-38-39-44(42)41-36-32-29-33-37-41)34-30-27-25-23-21-16-14-12-10-8-6-4-2/h29,32-33,36-40H,3-28,30-31,34-35H2,1-2H3/p+1/t40-/m0/s1. The monoisotopic (exact) mass is 608 g/mol. The molecule has 0 bridgehead atoms. The van der Waals surface area contributed by atoms with Crippen LogP contribution in [0.15, 0.2) is 42.7 Å². The van der Waals surface area contributed by atoms with E-state index in [-0.39, 0.29) is 0 Å². The number of unbranched alkanes of at least 4 members (excludes halogenated alkanes) is 26. The lowest BCUT2D eigenvalue weighted by molar-refractivity contribution is -0.604. The Labute approximate surface area is 275 Å². The minimum Gasteiger partial charge on any atom is -0.247 e. The summed E-state index contributed by atoms with van der Waals surface area (Å²) in [6.07, 6.45) is 47.2. The molecular formula is C42H75N2+. The summed E-state index contributed by atoms with van der Waals surface area (Å²) in [6.45, 7) is 4.62. The van der Waals surface area contributed by atoms with E-state index < -0.39 is 0 Å². The Morgan fingerprint density at radius 2 is 0.795 bits per heavy atom. The zero-order valence-corrected chi connectivity index (χ0v) is 29.8. The first-order chi connectivity index (χ1) is 21.9. The number of H-pyrrole nitrogens is 1. The molecule has 0 spiro atoms. The van der Waals surface area contributed by atoms with Gasteiger partial charge in [-0.15, -0.1) is 0 Å². The van der Waals surface area contributed by atoms with Gasteiger partial charge in [-0.25, -0.2) is 4.98 Å². The average Bonchev–Trinajstić information content (AvgIpc) is 3.54. The summed E-state index contributed by atoms with van der Waals surface area (Å²) in [5.41, 5.74) is 1.29. The molecule has 1 aromatic heterocycles. The molecule has 0 aliphatic carbocycles. The number of aromatic nitrogens is 2. The van der Waals surface area contributed by atoms with Crippen molar-refractivity contribution in [1.82, 2.24) is 4.98 Å². The first-order valence-corrected chi connectivity index (χ1v) is 20.0. The zero-order valence-electron chi connectivity index (χ0n) is 29.8. The van der Waals surface area contributed by atoms with E-state index in [0.717, 1.165) is 0 Å². The lowest BCUT2D eigenvalue weighted by atomic mass is 9.93. The van der Waals surface area contributed by atoms with Gasteiger partial charge in [0.2, 0.25) is 0 Å². The SMILES string of the molecule is CCCCCCCCCCCCCCCCCC[C@H](CCCCCCCCCCCCCC)c1[nH]cc[n+]1-c1ccccc1. The van der Waals surface area contributed by atoms with Gasteiger partial charge in [0, 0.05) is 0 Å². The first kappa shape index (κ1) is 38.6. The fraction of sp³-hybridized carbons (Fsp3) is 0.786. The van der Waals surface area contributed by atoms with Gasteiger partial charge in [-0.05, 0) is 25.0 Å². The van der Waals surface area contributed by atoms with Gasteiger partial charge in [0.25, 0.3) is 5.82 Å². The molecular weight excluding hydrogens is 532 g/mol. The summed E-state index contributed by atoms with van der Waals surface area (Å²) >= 11 is 0. The Kier molecular flexibility index (Phi) is 25.3. The van der Waals surface area contributed by atoms with Crippen LogP contribution in [0.25, 0.3) is 5.69 Å². The fourth-order valence-electron chi connectivity index (χ4n) is 7.06. The van der Waals surface area contributed by atoms with Crippen molar-refractivity contribution in [2.75, 3.05) is 0 Å². The number of benzene rings is 1. The van der Waals surface area contributed by atoms with Gasteiger partial charge in [-0.1, -0.05) is 212 Å². The second-order valence-corrected chi connectivity index (χ2v) is 14.0. The topological polar surface area (TPSA) is 19.7 Å². The van der Waals surface area contributed by atoms with E-state index in [1.165, 1.54) is 204 Å². The van der Waals surface area contributed by atoms with Gasteiger partial charge >= 0.3 is 0 Å². The van der Waals surface area contributed by atoms with Crippen molar-refractivity contribution in [1.29, 1.82) is 0 Å². The Balaban J connectivity index is 1.59. The van der Waals surface area contributed by atoms with Crippen molar-refractivity contribution in [2.24, 2.45) is 0 Å². The summed E-state index contributed by atoms with van der Waals surface area (Å²) < 4.78 is 2.41. The quantitative estimate of drug-likeness (QED) is 0.0630. The highest BCUT2D eigenvalue weighted by atomic mass is 15.1. The molecule has 252 valence electrons. The number of hydrogen-bond acceptors (Lipinski definition) is 0. The van der Waals surface area contributed by atoms with Gasteiger partial charge in [0.15, 0.2) is 0 Å². The number of nitrogens with zero attached hydrogens (tertiary/aromatic N) is 1. The second-order valence-electron chi connectivity index (χ2n) is 14.0. The Morgan fingerprint density at radius 3 is 1.16 bits per heavy atom. The molecule has 0 saturated carbocycles. The maximum absolute atomic E-state index is 3.67. The van der Waals surface area contributed by atoms with Crippen LogP contribution in [0, 0.1) is 0 Å². The van der Waals surface area contributed by atoms with Crippen LogP contribution in [0.1, 0.15) is 218 Å². The molecule has 0 radical (unpaired) electrons. The van der Waals surface area contributed by atoms with Gasteiger partial charge < -0.3 is 0 Å². The molecule has 0 unspecified atom stereocenters. The van der Waals surface area contributed by atoms with E-state index in [4.69, 9.17) is 0 Å². The smallest absolute Gasteiger partial charge is 0.247 e. The third-order valence-electron chi connectivity index (χ3n) is 9.95. The van der Waals surface area contributed by atoms with Gasteiger partial charge in [0.05, 0.1) is 5.92 Å². The number of aromatic amines is 1. The van der Waals surface area contributed by atoms with E-state index in [1.807, 2.05) is 0 Å². The van der Waals surface area contributed by atoms with Gasteiger partial charge in [0.1, 0.15) is 18.1 Å². The highest BCUT2D eigenvalue weighted by molar-refractivity contribution is 5.22. The summed E-state index contributed by atoms with van der Waals surface area (Å²) in [6, 6.07) is 10.9. The van der Waals surface area contributed by atoms with Crippen molar-refractivity contribution in [2.45, 2.75) is 212 Å². The lowest BCUT2D eigenvalue weighted by Gasteiger charge is -2.14. The van der Waals surface area contributed by atoms with Crippen LogP contribution < -0.4 is 4.57 Å². The van der Waals surface area contributed by atoms with E-state index in [1.54, 1.807) is 0 Å². The molecule has 1 N–H and O–H groups in total. The van der Waals surface area contributed by atoms with Crippen molar-refractivity contribution in [3.05, 3.63) is 48.5 Å². The Bertz CT molecular complexity index is 840. The Morgan fingerprint density at radius 1 is 0.455 bits per heavy atom. The minimum atomic E-state index is 0.639. The lowest BCUT2D eigenvalue weighted by Crippen LogP contribution is -2.34. The van der Waals surface area contributed by atoms with E-state index in [9.17, 15) is 0 Å². The zero-order chi connectivity index (χ0) is 31.2. The average molecular weight is 608 g/mol. The minimum absolute atomic E-state index is 0.639. The molecule has 1 atom stereocenters. The molecule has 2 aromatic rings. The number of imidazole rings is 1. The molecule has 2 nitrogen and oxygen atoms in total. The number of para-hydroxylation sites is 1. The number of rotatable bonds is 32. The second kappa shape index (κ2) is 28.9. The molecule has 2 rings (SSSR count). The molecule has 0 fully saturated rings. The molecule has 2 heteroatoms. The number of nitrogens with one attached hydrogen (secondary N) is 1. The van der Waals surface area contributed by atoms with Crippen LogP contribution in [-0.4, -0.2) is 4.98 Å². The number of hydrogen-bond donors (Lipinski definition) is 1. The third kappa shape index (κ3) is 19.7. The highest BCUT2D eigenvalue weighted by Gasteiger charge is 2.23. The van der Waals surface area contributed by atoms with Gasteiger partial charge in [-0.2, -0.15) is 4.57 Å². The maximum atomic E-state index is 3.67. The molecule has 44 heavy (non-hydrogen) atoms. The molecule has 0 aliphatic heterocycles. The summed E-state index contributed by atoms with van der Waals surface area (Å²) in [4.78, 5) is 3.67. The van der Waals surface area contributed by atoms with Crippen LogP contribution in [-0.2, 0) is 0 Å². The molecule has 1 aromatic carbocycles. The van der Waals surface area contributed by atoms with Crippen molar-refractivity contribution >= 4 is 0 Å². The summed E-state index contributed by atoms with van der Waals surface area (Å²) in [5.74, 6) is 2.06. The summed E-state index contributed by atoms with van der Waals surface area (Å²) in [7, 11) is 0. The van der Waals surface area contributed by atoms with E-state index in [2.05, 4.69) is 66.1 Å². The van der Waals surface area contributed by atoms with Crippen molar-refractivity contribution in [3.8, 4) is 5.69 Å². The Hall–Kier alpha value is -1.57. The van der Waals surface area contributed by atoms with Crippen molar-refractivity contribution < 1.29 is 4.57 Å². The van der Waals surface area contributed by atoms with Crippen LogP contribution in [0.3, 0.4) is 0 Å². The predicted octanol–water partition coefficient (Wildman–Crippen LogP) is 14.1. The predicted molar refractivity (Wildman–Crippen MR) is 195 cm³/mol. The normalized spacial score (nSPS) is 12.2. The van der Waals surface area contributed by atoms with Crippen molar-refractivity contribution in [3.63, 3.8) is 0 Å². The van der Waals surface area contributed by atoms with Crippen LogP contribution in [0.5, 0.6) is 0 Å². The third-order valence-corrected chi connectivity index (χ3v) is 9.95. The maximum Gasteiger partial charge on any atom is 0.262 e. The molecule has 0 saturated heterocycles. The van der Waals surface area contributed by atoms with Gasteiger partial charge in [-0.3, -0.25) is 0 Å². The fourth-order valence-corrected chi connectivity index (χ4v) is 7.06. The van der Waals surface area contributed by atoms with Crippen LogP contribution >= 0.6 is 0 Å². The van der Waals surface area contributed by atoms with E-state index in [0.29, 0.717) is 5.92 Å². The molecule has 0 aliphatic rings. The first-order valence-electron chi connectivity index (χ1n) is 20.0. The van der Waals surface area contributed by atoms with Crippen LogP contribution in [0.4, 0.5) is 0 Å². The molecule has 0 amide bonds.